The molecular formula is C17H28BNO6. The van der Waals surface area contributed by atoms with Gasteiger partial charge in [-0.2, -0.15) is 0 Å². The fourth-order valence-corrected chi connectivity index (χ4v) is 2.60. The maximum absolute atomic E-state index is 12.5. The predicted octanol–water partition coefficient (Wildman–Crippen LogP) is 2.34. The summed E-state index contributed by atoms with van der Waals surface area (Å²) in [5, 5.41) is 0. The molecule has 2 aliphatic rings. The van der Waals surface area contributed by atoms with Crippen molar-refractivity contribution in [1.29, 1.82) is 0 Å². The van der Waals surface area contributed by atoms with E-state index >= 15 is 0 Å². The number of carbonyl (C=O) groups excluding carboxylic acids is 2. The highest BCUT2D eigenvalue weighted by molar-refractivity contribution is 6.55. The fourth-order valence-electron chi connectivity index (χ4n) is 2.60. The lowest BCUT2D eigenvalue weighted by molar-refractivity contribution is -0.144. The minimum atomic E-state index is -0.853. The number of methoxy groups -OCH3 is 1. The molecule has 2 heterocycles. The van der Waals surface area contributed by atoms with Crippen molar-refractivity contribution >= 4 is 19.2 Å². The molecule has 0 aromatic rings. The molecule has 0 saturated carbocycles. The first-order chi connectivity index (χ1) is 11.3. The molecule has 2 rings (SSSR count). The van der Waals surface area contributed by atoms with Crippen LogP contribution in [0.5, 0.6) is 0 Å². The quantitative estimate of drug-likeness (QED) is 0.560. The van der Waals surface area contributed by atoms with E-state index in [1.54, 1.807) is 26.8 Å². The molecule has 2 aliphatic heterocycles. The Labute approximate surface area is 149 Å². The molecule has 140 valence electrons. The third kappa shape index (κ3) is 4.01. The molecule has 25 heavy (non-hydrogen) atoms. The molecule has 7 nitrogen and oxygen atoms in total. The van der Waals surface area contributed by atoms with E-state index in [4.69, 9.17) is 18.8 Å². The smallest absolute Gasteiger partial charge is 0.467 e. The number of carbonyl (C=O) groups is 2. The van der Waals surface area contributed by atoms with Crippen molar-refractivity contribution < 1.29 is 28.4 Å². The number of amides is 1. The van der Waals surface area contributed by atoms with Crippen LogP contribution in [-0.2, 0) is 23.6 Å². The minimum Gasteiger partial charge on any atom is -0.467 e. The lowest BCUT2D eigenvalue weighted by atomic mass is 9.78. The molecule has 1 saturated heterocycles. The van der Waals surface area contributed by atoms with Crippen molar-refractivity contribution in [3.05, 3.63) is 11.5 Å². The van der Waals surface area contributed by atoms with Crippen LogP contribution in [0, 0.1) is 0 Å². The van der Waals surface area contributed by atoms with Crippen LogP contribution in [0.25, 0.3) is 0 Å². The summed E-state index contributed by atoms with van der Waals surface area (Å²) in [6.45, 7) is 13.3. The Bertz CT molecular complexity index is 576. The molecule has 8 heteroatoms. The van der Waals surface area contributed by atoms with E-state index in [2.05, 4.69) is 0 Å². The van der Waals surface area contributed by atoms with Gasteiger partial charge in [0, 0.05) is 6.54 Å². The van der Waals surface area contributed by atoms with Crippen LogP contribution in [0.3, 0.4) is 0 Å². The van der Waals surface area contributed by atoms with Gasteiger partial charge < -0.3 is 18.8 Å². The van der Waals surface area contributed by atoms with Crippen molar-refractivity contribution in [2.45, 2.75) is 71.3 Å². The van der Waals surface area contributed by atoms with E-state index in [1.165, 1.54) is 12.0 Å². The third-order valence-corrected chi connectivity index (χ3v) is 4.69. The van der Waals surface area contributed by atoms with Crippen LogP contribution in [-0.4, -0.2) is 60.6 Å². The van der Waals surface area contributed by atoms with Gasteiger partial charge >= 0.3 is 19.2 Å². The zero-order chi connectivity index (χ0) is 19.2. The molecular weight excluding hydrogens is 325 g/mol. The van der Waals surface area contributed by atoms with Crippen LogP contribution in [0.4, 0.5) is 4.79 Å². The Balaban J connectivity index is 2.22. The molecule has 0 unspecified atom stereocenters. The Kier molecular flexibility index (Phi) is 5.00. The molecule has 0 aliphatic carbocycles. The van der Waals surface area contributed by atoms with Gasteiger partial charge in [0.2, 0.25) is 0 Å². The second kappa shape index (κ2) is 6.32. The molecule has 0 spiro atoms. The highest BCUT2D eigenvalue weighted by Gasteiger charge is 2.54. The largest absolute Gasteiger partial charge is 0.492 e. The van der Waals surface area contributed by atoms with Crippen LogP contribution in [0.15, 0.2) is 11.5 Å². The van der Waals surface area contributed by atoms with Gasteiger partial charge in [0.15, 0.2) is 6.04 Å². The van der Waals surface area contributed by atoms with Crippen molar-refractivity contribution in [3.63, 3.8) is 0 Å². The van der Waals surface area contributed by atoms with Gasteiger partial charge in [0.05, 0.1) is 18.3 Å². The summed E-state index contributed by atoms with van der Waals surface area (Å²) in [7, 11) is 0.667. The highest BCUT2D eigenvalue weighted by atomic mass is 16.7. The Morgan fingerprint density at radius 1 is 1.20 bits per heavy atom. The summed E-state index contributed by atoms with van der Waals surface area (Å²) in [5.74, 6) is -0.530. The Morgan fingerprint density at radius 3 is 2.16 bits per heavy atom. The lowest BCUT2D eigenvalue weighted by Gasteiger charge is -2.32. The number of ether oxygens (including phenoxy) is 2. The van der Waals surface area contributed by atoms with Crippen LogP contribution in [0.1, 0.15) is 48.5 Å². The first-order valence-corrected chi connectivity index (χ1v) is 8.41. The van der Waals surface area contributed by atoms with Gasteiger partial charge in [0.1, 0.15) is 5.60 Å². The average Bonchev–Trinajstić information content (AvgIpc) is 2.96. The molecule has 0 aromatic heterocycles. The van der Waals surface area contributed by atoms with E-state index in [0.717, 1.165) is 0 Å². The van der Waals surface area contributed by atoms with Crippen molar-refractivity contribution in [2.24, 2.45) is 0 Å². The fraction of sp³-hybridized carbons (Fsp3) is 0.765. The van der Waals surface area contributed by atoms with Gasteiger partial charge in [-0.05, 0) is 53.9 Å². The highest BCUT2D eigenvalue weighted by Crippen LogP contribution is 2.39. The van der Waals surface area contributed by atoms with Crippen molar-refractivity contribution in [2.75, 3.05) is 13.7 Å². The number of esters is 1. The minimum absolute atomic E-state index is 0.186. The predicted molar refractivity (Wildman–Crippen MR) is 92.9 cm³/mol. The molecule has 0 N–H and O–H groups in total. The first-order valence-electron chi connectivity index (χ1n) is 8.41. The summed E-state index contributed by atoms with van der Waals surface area (Å²) in [6.07, 6.45) is 1.09. The monoisotopic (exact) mass is 353 g/mol. The molecule has 1 atom stereocenters. The van der Waals surface area contributed by atoms with Gasteiger partial charge in [-0.25, -0.2) is 9.59 Å². The second-order valence-electron chi connectivity index (χ2n) is 8.41. The van der Waals surface area contributed by atoms with Crippen molar-refractivity contribution in [1.82, 2.24) is 4.90 Å². The zero-order valence-corrected chi connectivity index (χ0v) is 16.3. The number of rotatable bonds is 2. The number of hydrogen-bond acceptors (Lipinski definition) is 6. The van der Waals surface area contributed by atoms with E-state index in [1.807, 2.05) is 27.7 Å². The van der Waals surface area contributed by atoms with E-state index < -0.39 is 42.0 Å². The maximum atomic E-state index is 12.5. The number of hydrogen-bond donors (Lipinski definition) is 0. The second-order valence-corrected chi connectivity index (χ2v) is 8.41. The normalized spacial score (nSPS) is 25.0. The zero-order valence-electron chi connectivity index (χ0n) is 16.3. The van der Waals surface area contributed by atoms with E-state index in [9.17, 15) is 9.59 Å². The van der Waals surface area contributed by atoms with Crippen molar-refractivity contribution in [3.8, 4) is 0 Å². The van der Waals surface area contributed by atoms with E-state index in [0.29, 0.717) is 5.47 Å². The topological polar surface area (TPSA) is 74.3 Å². The molecule has 0 bridgehead atoms. The lowest BCUT2D eigenvalue weighted by Crippen LogP contribution is -2.44. The molecule has 0 radical (unpaired) electrons. The van der Waals surface area contributed by atoms with Gasteiger partial charge in [-0.3, -0.25) is 4.90 Å². The molecule has 0 aromatic carbocycles. The maximum Gasteiger partial charge on any atom is 0.492 e. The standard InChI is InChI=1S/C17H28BNO6/c1-15(2,3)23-14(21)19-10-11(9-12(19)13(20)22-8)18-24-16(4,5)17(6,7)25-18/h9,12H,10H2,1-8H3/t12-/m0/s1. The summed E-state index contributed by atoms with van der Waals surface area (Å²) in [6, 6.07) is -0.853. The summed E-state index contributed by atoms with van der Waals surface area (Å²) in [4.78, 5) is 25.9. The van der Waals surface area contributed by atoms with Gasteiger partial charge in [-0.15, -0.1) is 0 Å². The van der Waals surface area contributed by atoms with E-state index in [-0.39, 0.29) is 6.54 Å². The van der Waals surface area contributed by atoms with Crippen LogP contribution < -0.4 is 0 Å². The summed E-state index contributed by atoms with van der Waals surface area (Å²) in [5.41, 5.74) is -0.956. The van der Waals surface area contributed by atoms with Gasteiger partial charge in [-0.1, -0.05) is 6.08 Å². The molecule has 1 fully saturated rings. The Hall–Kier alpha value is -1.54. The third-order valence-electron chi connectivity index (χ3n) is 4.69. The average molecular weight is 353 g/mol. The SMILES string of the molecule is COC(=O)[C@@H]1C=C(B2OC(C)(C)C(C)(C)O2)CN1C(=O)OC(C)(C)C. The first kappa shape index (κ1) is 19.8. The van der Waals surface area contributed by atoms with Crippen LogP contribution in [0.2, 0.25) is 0 Å². The van der Waals surface area contributed by atoms with Crippen LogP contribution >= 0.6 is 0 Å². The Morgan fingerprint density at radius 2 is 1.72 bits per heavy atom. The summed E-state index contributed by atoms with van der Waals surface area (Å²) < 4.78 is 22.3. The summed E-state index contributed by atoms with van der Waals surface area (Å²) >= 11 is 0. The number of nitrogens with zero attached hydrogens (tertiary/aromatic N) is 1. The van der Waals surface area contributed by atoms with Gasteiger partial charge in [0.25, 0.3) is 0 Å². The molecule has 1 amide bonds.